The van der Waals surface area contributed by atoms with Crippen LogP contribution in [0.15, 0.2) is 30.3 Å². The Bertz CT molecular complexity index is 647. The van der Waals surface area contributed by atoms with E-state index in [2.05, 4.69) is 10.3 Å². The van der Waals surface area contributed by atoms with Crippen molar-refractivity contribution in [2.75, 3.05) is 51.4 Å². The fourth-order valence-electron chi connectivity index (χ4n) is 4.07. The number of piperidine rings is 1. The number of ether oxygens (including phenoxy) is 1. The lowest BCUT2D eigenvalue weighted by atomic mass is 9.84. The molecule has 3 heterocycles. The van der Waals surface area contributed by atoms with Gasteiger partial charge < -0.3 is 14.5 Å². The molecule has 1 N–H and O–H groups in total. The van der Waals surface area contributed by atoms with Gasteiger partial charge in [-0.15, -0.1) is 0 Å². The van der Waals surface area contributed by atoms with Crippen molar-refractivity contribution in [3.8, 4) is 0 Å². The van der Waals surface area contributed by atoms with Crippen molar-refractivity contribution in [2.45, 2.75) is 6.04 Å². The molecule has 4 rings (SSSR count). The molecule has 0 aromatic heterocycles. The Labute approximate surface area is 147 Å². The standard InChI is InChI=1S/C18H24N4O3/c1-20-11-14(17(23)21-7-9-25-10-8-21)16-15(12-20)18(24)22(19-16)13-5-3-2-4-6-13/h2-6,14-16,19H,7-12H2,1H3. The minimum Gasteiger partial charge on any atom is -0.378 e. The lowest BCUT2D eigenvalue weighted by Gasteiger charge is -2.39. The lowest BCUT2D eigenvalue weighted by molar-refractivity contribution is -0.143. The molecule has 25 heavy (non-hydrogen) atoms. The summed E-state index contributed by atoms with van der Waals surface area (Å²) in [7, 11) is 1.98. The summed E-state index contributed by atoms with van der Waals surface area (Å²) in [6.45, 7) is 3.78. The van der Waals surface area contributed by atoms with Crippen molar-refractivity contribution in [1.29, 1.82) is 0 Å². The van der Waals surface area contributed by atoms with E-state index in [9.17, 15) is 9.59 Å². The molecule has 3 fully saturated rings. The van der Waals surface area contributed by atoms with Crippen molar-refractivity contribution >= 4 is 17.5 Å². The smallest absolute Gasteiger partial charge is 0.247 e. The van der Waals surface area contributed by atoms with Gasteiger partial charge in [0.2, 0.25) is 11.8 Å². The maximum absolute atomic E-state index is 13.1. The van der Waals surface area contributed by atoms with Crippen LogP contribution in [0.3, 0.4) is 0 Å². The van der Waals surface area contributed by atoms with Crippen LogP contribution in [0.2, 0.25) is 0 Å². The summed E-state index contributed by atoms with van der Waals surface area (Å²) >= 11 is 0. The number of morpholine rings is 1. The second kappa shape index (κ2) is 6.74. The molecule has 0 aliphatic carbocycles. The normalized spacial score (nSPS) is 30.4. The van der Waals surface area contributed by atoms with E-state index in [0.29, 0.717) is 39.4 Å². The van der Waals surface area contributed by atoms with Crippen molar-refractivity contribution in [2.24, 2.45) is 11.8 Å². The summed E-state index contributed by atoms with van der Waals surface area (Å²) in [5.41, 5.74) is 4.15. The van der Waals surface area contributed by atoms with Crippen LogP contribution >= 0.6 is 0 Å². The fourth-order valence-corrected chi connectivity index (χ4v) is 4.07. The molecule has 3 unspecified atom stereocenters. The van der Waals surface area contributed by atoms with E-state index in [-0.39, 0.29) is 29.7 Å². The third-order valence-corrected chi connectivity index (χ3v) is 5.35. The summed E-state index contributed by atoms with van der Waals surface area (Å²) < 4.78 is 5.35. The number of anilines is 1. The van der Waals surface area contributed by atoms with Crippen LogP contribution in [-0.2, 0) is 14.3 Å². The zero-order chi connectivity index (χ0) is 17.4. The molecule has 0 radical (unpaired) electrons. The number of carbonyl (C=O) groups excluding carboxylic acids is 2. The number of likely N-dealkylation sites (tertiary alicyclic amines) is 1. The molecule has 134 valence electrons. The van der Waals surface area contributed by atoms with Gasteiger partial charge in [0, 0.05) is 26.2 Å². The lowest BCUT2D eigenvalue weighted by Crippen LogP contribution is -2.58. The number of hydrazine groups is 1. The molecule has 0 spiro atoms. The Balaban J connectivity index is 1.57. The first-order chi connectivity index (χ1) is 12.1. The topological polar surface area (TPSA) is 65.1 Å². The van der Waals surface area contributed by atoms with E-state index in [1.165, 1.54) is 0 Å². The highest BCUT2D eigenvalue weighted by Gasteiger charge is 2.51. The Kier molecular flexibility index (Phi) is 4.45. The zero-order valence-corrected chi connectivity index (χ0v) is 14.4. The molecular weight excluding hydrogens is 320 g/mol. The van der Waals surface area contributed by atoms with E-state index in [1.807, 2.05) is 42.3 Å². The molecule has 3 aliphatic heterocycles. The van der Waals surface area contributed by atoms with E-state index in [4.69, 9.17) is 4.74 Å². The van der Waals surface area contributed by atoms with Crippen LogP contribution < -0.4 is 10.4 Å². The Morgan fingerprint density at radius 3 is 2.60 bits per heavy atom. The molecule has 7 nitrogen and oxygen atoms in total. The first-order valence-corrected chi connectivity index (χ1v) is 8.85. The molecule has 2 amide bonds. The van der Waals surface area contributed by atoms with Crippen LogP contribution in [-0.4, -0.2) is 74.1 Å². The fraction of sp³-hybridized carbons (Fsp3) is 0.556. The number of fused-ring (bicyclic) bond motifs is 1. The number of hydrogen-bond donors (Lipinski definition) is 1. The maximum Gasteiger partial charge on any atom is 0.247 e. The average molecular weight is 344 g/mol. The molecular formula is C18H24N4O3. The molecule has 0 bridgehead atoms. The highest BCUT2D eigenvalue weighted by Crippen LogP contribution is 2.32. The minimum absolute atomic E-state index is 0.0440. The number of rotatable bonds is 2. The third kappa shape index (κ3) is 3.03. The molecule has 3 atom stereocenters. The predicted octanol–water partition coefficient (Wildman–Crippen LogP) is -0.0570. The van der Waals surface area contributed by atoms with Gasteiger partial charge in [-0.25, -0.2) is 10.4 Å². The maximum atomic E-state index is 13.1. The molecule has 3 saturated heterocycles. The summed E-state index contributed by atoms with van der Waals surface area (Å²) in [6, 6.07) is 9.41. The minimum atomic E-state index is -0.223. The van der Waals surface area contributed by atoms with Crippen molar-refractivity contribution in [3.05, 3.63) is 30.3 Å². The molecule has 7 heteroatoms. The third-order valence-electron chi connectivity index (χ3n) is 5.35. The number of amides is 2. The Morgan fingerprint density at radius 1 is 1.16 bits per heavy atom. The Morgan fingerprint density at radius 2 is 1.88 bits per heavy atom. The highest BCUT2D eigenvalue weighted by atomic mass is 16.5. The van der Waals surface area contributed by atoms with E-state index in [1.54, 1.807) is 5.01 Å². The number of carbonyl (C=O) groups is 2. The molecule has 1 aromatic carbocycles. The monoisotopic (exact) mass is 344 g/mol. The second-order valence-corrected chi connectivity index (χ2v) is 7.04. The van der Waals surface area contributed by atoms with Crippen molar-refractivity contribution in [3.63, 3.8) is 0 Å². The summed E-state index contributed by atoms with van der Waals surface area (Å²) in [6.07, 6.45) is 0. The van der Waals surface area contributed by atoms with Crippen LogP contribution in [0.1, 0.15) is 0 Å². The number of hydrogen-bond acceptors (Lipinski definition) is 5. The zero-order valence-electron chi connectivity index (χ0n) is 14.4. The number of nitrogens with zero attached hydrogens (tertiary/aromatic N) is 3. The van der Waals surface area contributed by atoms with Gasteiger partial charge in [0.15, 0.2) is 0 Å². The summed E-state index contributed by atoms with van der Waals surface area (Å²) in [5, 5.41) is 1.62. The van der Waals surface area contributed by atoms with Gasteiger partial charge in [-0.3, -0.25) is 9.59 Å². The van der Waals surface area contributed by atoms with E-state index < -0.39 is 0 Å². The first-order valence-electron chi connectivity index (χ1n) is 8.85. The van der Waals surface area contributed by atoms with Crippen molar-refractivity contribution < 1.29 is 14.3 Å². The SMILES string of the molecule is CN1CC(C(=O)N2CCOCC2)C2NN(c3ccccc3)C(=O)C2C1. The number of benzene rings is 1. The molecule has 1 aromatic rings. The average Bonchev–Trinajstić information content (AvgIpc) is 2.99. The van der Waals surface area contributed by atoms with Crippen LogP contribution in [0.5, 0.6) is 0 Å². The van der Waals surface area contributed by atoms with E-state index >= 15 is 0 Å². The highest BCUT2D eigenvalue weighted by molar-refractivity contribution is 5.98. The van der Waals surface area contributed by atoms with Crippen molar-refractivity contribution in [1.82, 2.24) is 15.2 Å². The Hall–Kier alpha value is -1.96. The van der Waals surface area contributed by atoms with E-state index in [0.717, 1.165) is 5.69 Å². The van der Waals surface area contributed by atoms with Gasteiger partial charge >= 0.3 is 0 Å². The van der Waals surface area contributed by atoms with Crippen LogP contribution in [0.25, 0.3) is 0 Å². The number of para-hydroxylation sites is 1. The second-order valence-electron chi connectivity index (χ2n) is 7.04. The first kappa shape index (κ1) is 16.5. The summed E-state index contributed by atoms with van der Waals surface area (Å²) in [4.78, 5) is 30.0. The van der Waals surface area contributed by atoms with Gasteiger partial charge in [-0.1, -0.05) is 18.2 Å². The van der Waals surface area contributed by atoms with Gasteiger partial charge in [-0.05, 0) is 19.2 Å². The van der Waals surface area contributed by atoms with Gasteiger partial charge in [-0.2, -0.15) is 0 Å². The van der Waals surface area contributed by atoms with Gasteiger partial charge in [0.25, 0.3) is 0 Å². The number of nitrogens with one attached hydrogen (secondary N) is 1. The van der Waals surface area contributed by atoms with Crippen LogP contribution in [0.4, 0.5) is 5.69 Å². The van der Waals surface area contributed by atoms with Gasteiger partial charge in [0.1, 0.15) is 0 Å². The van der Waals surface area contributed by atoms with Gasteiger partial charge in [0.05, 0.1) is 36.8 Å². The largest absolute Gasteiger partial charge is 0.378 e. The molecule has 0 saturated carbocycles. The predicted molar refractivity (Wildman–Crippen MR) is 92.7 cm³/mol. The quantitative estimate of drug-likeness (QED) is 0.815. The van der Waals surface area contributed by atoms with Crippen LogP contribution in [0, 0.1) is 11.8 Å². The summed E-state index contributed by atoms with van der Waals surface area (Å²) in [5.74, 6) is -0.254. The molecule has 3 aliphatic rings.